The van der Waals surface area contributed by atoms with Gasteiger partial charge in [-0.05, 0) is 103 Å². The van der Waals surface area contributed by atoms with Crippen molar-refractivity contribution in [1.29, 1.82) is 0 Å². The van der Waals surface area contributed by atoms with E-state index in [4.69, 9.17) is 9.47 Å². The number of pyridine rings is 1. The molecule has 0 saturated carbocycles. The maximum Gasteiger partial charge on any atom is 0.408 e. The number of piperidine rings is 3. The number of aromatic amines is 1. The summed E-state index contributed by atoms with van der Waals surface area (Å²) in [7, 11) is 0. The van der Waals surface area contributed by atoms with Gasteiger partial charge in [-0.15, -0.1) is 0 Å². The molecule has 0 radical (unpaired) electrons. The molecular formula is C43H47N5O7. The predicted octanol–water partition coefficient (Wildman–Crippen LogP) is 5.17. The molecule has 8 rings (SSSR count). The van der Waals surface area contributed by atoms with Crippen molar-refractivity contribution in [3.8, 4) is 11.5 Å². The van der Waals surface area contributed by atoms with E-state index in [0.29, 0.717) is 59.8 Å². The Balaban J connectivity index is 0.863. The van der Waals surface area contributed by atoms with E-state index in [1.165, 1.54) is 12.1 Å². The Kier molecular flexibility index (Phi) is 12.1. The number of benzene rings is 4. The van der Waals surface area contributed by atoms with Crippen LogP contribution in [0.4, 0.5) is 4.79 Å². The number of carbonyl (C=O) groups excluding carboxylic acids is 2. The van der Waals surface area contributed by atoms with Crippen molar-refractivity contribution in [2.75, 3.05) is 39.3 Å². The number of nitrogens with zero attached hydrogens (tertiary/aromatic N) is 1. The summed E-state index contributed by atoms with van der Waals surface area (Å²) in [5, 5.41) is 30.6. The number of nitrogens with one attached hydrogen (secondary N) is 4. The molecule has 3 aliphatic heterocycles. The zero-order chi connectivity index (χ0) is 38.1. The summed E-state index contributed by atoms with van der Waals surface area (Å²) in [6.07, 6.45) is 1.42. The van der Waals surface area contributed by atoms with Crippen molar-refractivity contribution in [2.24, 2.45) is 5.92 Å². The van der Waals surface area contributed by atoms with Crippen LogP contribution in [0.3, 0.4) is 0 Å². The maximum absolute atomic E-state index is 13.2. The van der Waals surface area contributed by atoms with Gasteiger partial charge < -0.3 is 40.6 Å². The van der Waals surface area contributed by atoms with Gasteiger partial charge in [0.2, 0.25) is 5.56 Å². The second kappa shape index (κ2) is 17.6. The SMILES string of the molecule is O=C(NC(c1ccccc1)c1cccc(OCc2ccc(C(=O)NCCCNC[C@@H](O)c3ccc(O)c4[nH]c(=O)ccc34)cc2)c1)O[C@H]1CN2CCC1CC2. The summed E-state index contributed by atoms with van der Waals surface area (Å²) >= 11 is 0. The van der Waals surface area contributed by atoms with E-state index >= 15 is 0 Å². The summed E-state index contributed by atoms with van der Waals surface area (Å²) in [5.41, 5.74) is 3.80. The van der Waals surface area contributed by atoms with Crippen LogP contribution in [0.2, 0.25) is 0 Å². The van der Waals surface area contributed by atoms with Crippen LogP contribution in [0.25, 0.3) is 10.9 Å². The molecule has 6 N–H and O–H groups in total. The number of phenolic OH excluding ortho intramolecular Hbond substituents is 1. The first kappa shape index (κ1) is 37.6. The lowest BCUT2D eigenvalue weighted by Crippen LogP contribution is -2.52. The van der Waals surface area contributed by atoms with Crippen LogP contribution >= 0.6 is 0 Å². The van der Waals surface area contributed by atoms with Crippen LogP contribution in [0.5, 0.6) is 11.5 Å². The van der Waals surface area contributed by atoms with Gasteiger partial charge in [-0.25, -0.2) is 4.79 Å². The van der Waals surface area contributed by atoms with Gasteiger partial charge >= 0.3 is 6.09 Å². The number of hydrogen-bond acceptors (Lipinski definition) is 9. The molecule has 1 unspecified atom stereocenters. The average molecular weight is 746 g/mol. The molecule has 12 nitrogen and oxygen atoms in total. The Morgan fingerprint density at radius 2 is 1.67 bits per heavy atom. The summed E-state index contributed by atoms with van der Waals surface area (Å²) in [6.45, 7) is 4.52. The lowest BCUT2D eigenvalue weighted by molar-refractivity contribution is -0.0336. The molecule has 2 bridgehead atoms. The Bertz CT molecular complexity index is 2130. The third kappa shape index (κ3) is 9.52. The zero-order valence-corrected chi connectivity index (χ0v) is 30.6. The van der Waals surface area contributed by atoms with E-state index in [9.17, 15) is 24.6 Å². The lowest BCUT2D eigenvalue weighted by atomic mass is 9.86. The topological polar surface area (TPSA) is 165 Å². The number of H-pyrrole nitrogens is 1. The molecule has 1 aromatic heterocycles. The van der Waals surface area contributed by atoms with Crippen molar-refractivity contribution in [3.05, 3.63) is 141 Å². The minimum absolute atomic E-state index is 0.0567. The molecule has 4 heterocycles. The molecule has 0 spiro atoms. The Morgan fingerprint density at radius 3 is 2.44 bits per heavy atom. The van der Waals surface area contributed by atoms with E-state index in [-0.39, 0.29) is 29.9 Å². The van der Waals surface area contributed by atoms with Crippen LogP contribution in [0.15, 0.2) is 108 Å². The van der Waals surface area contributed by atoms with Crippen LogP contribution < -0.4 is 26.2 Å². The first-order chi connectivity index (χ1) is 26.8. The van der Waals surface area contributed by atoms with Crippen LogP contribution in [0.1, 0.15) is 64.0 Å². The predicted molar refractivity (Wildman–Crippen MR) is 209 cm³/mol. The lowest BCUT2D eigenvalue weighted by Gasteiger charge is -2.43. The first-order valence-electron chi connectivity index (χ1n) is 18.9. The molecule has 3 fully saturated rings. The minimum atomic E-state index is -0.853. The average Bonchev–Trinajstić information content (AvgIpc) is 3.21. The highest BCUT2D eigenvalue weighted by atomic mass is 16.6. The Labute approximate surface area is 319 Å². The molecule has 55 heavy (non-hydrogen) atoms. The molecule has 0 aliphatic carbocycles. The van der Waals surface area contributed by atoms with Crippen molar-refractivity contribution in [2.45, 2.75) is 44.1 Å². The van der Waals surface area contributed by atoms with Crippen LogP contribution in [-0.2, 0) is 11.3 Å². The highest BCUT2D eigenvalue weighted by Gasteiger charge is 2.37. The van der Waals surface area contributed by atoms with E-state index in [1.54, 1.807) is 24.3 Å². The van der Waals surface area contributed by atoms with Crippen molar-refractivity contribution in [3.63, 3.8) is 0 Å². The van der Waals surface area contributed by atoms with Gasteiger partial charge in [0, 0.05) is 36.7 Å². The number of hydrogen-bond donors (Lipinski definition) is 6. The number of aliphatic hydroxyl groups excluding tert-OH is 1. The summed E-state index contributed by atoms with van der Waals surface area (Å²) in [4.78, 5) is 42.6. The number of carbonyl (C=O) groups is 2. The first-order valence-corrected chi connectivity index (χ1v) is 18.9. The van der Waals surface area contributed by atoms with Crippen molar-refractivity contribution >= 4 is 22.9 Å². The van der Waals surface area contributed by atoms with Gasteiger partial charge in [0.25, 0.3) is 5.91 Å². The summed E-state index contributed by atoms with van der Waals surface area (Å²) in [6, 6.07) is 30.4. The molecule has 3 atom stereocenters. The number of ether oxygens (including phenoxy) is 2. The minimum Gasteiger partial charge on any atom is -0.506 e. The highest BCUT2D eigenvalue weighted by molar-refractivity contribution is 5.94. The van der Waals surface area contributed by atoms with Crippen LogP contribution in [0, 0.1) is 5.92 Å². The second-order valence-corrected chi connectivity index (χ2v) is 14.2. The molecule has 4 aromatic carbocycles. The molecule has 2 amide bonds. The quantitative estimate of drug-likeness (QED) is 0.0794. The van der Waals surface area contributed by atoms with Gasteiger partial charge in [0.05, 0.1) is 17.7 Å². The monoisotopic (exact) mass is 745 g/mol. The fourth-order valence-electron chi connectivity index (χ4n) is 7.46. The fourth-order valence-corrected chi connectivity index (χ4v) is 7.46. The Morgan fingerprint density at radius 1 is 0.891 bits per heavy atom. The number of amides is 2. The zero-order valence-electron chi connectivity index (χ0n) is 30.6. The summed E-state index contributed by atoms with van der Waals surface area (Å²) in [5.74, 6) is 0.834. The highest BCUT2D eigenvalue weighted by Crippen LogP contribution is 2.31. The van der Waals surface area contributed by atoms with Gasteiger partial charge in [0.1, 0.15) is 24.2 Å². The maximum atomic E-state index is 13.2. The fraction of sp³-hybridized carbons (Fsp3) is 0.326. The van der Waals surface area contributed by atoms with Crippen molar-refractivity contribution in [1.82, 2.24) is 25.8 Å². The second-order valence-electron chi connectivity index (χ2n) is 14.2. The largest absolute Gasteiger partial charge is 0.506 e. The smallest absolute Gasteiger partial charge is 0.408 e. The van der Waals surface area contributed by atoms with Crippen molar-refractivity contribution < 1.29 is 29.3 Å². The Hall–Kier alpha value is -5.69. The molecule has 12 heteroatoms. The number of fused-ring (bicyclic) bond motifs is 4. The third-order valence-electron chi connectivity index (χ3n) is 10.5. The molecule has 286 valence electrons. The van der Waals surface area contributed by atoms with Gasteiger partial charge in [0.15, 0.2) is 0 Å². The van der Waals surface area contributed by atoms with E-state index in [1.807, 2.05) is 66.7 Å². The van der Waals surface area contributed by atoms with E-state index in [0.717, 1.165) is 49.2 Å². The molecule has 5 aromatic rings. The number of alkyl carbamates (subject to hydrolysis) is 1. The van der Waals surface area contributed by atoms with Crippen LogP contribution in [-0.4, -0.2) is 77.5 Å². The molecule has 3 saturated heterocycles. The molecular weight excluding hydrogens is 699 g/mol. The van der Waals surface area contributed by atoms with Gasteiger partial charge in [-0.1, -0.05) is 60.7 Å². The number of phenols is 1. The van der Waals surface area contributed by atoms with Gasteiger partial charge in [-0.2, -0.15) is 0 Å². The van der Waals surface area contributed by atoms with E-state index < -0.39 is 18.2 Å². The standard InChI is InChI=1S/C43H47N5O7/c49-36-16-14-34(35-15-17-39(51)46-41(35)36)37(50)25-44-20-5-21-45-42(52)31-12-10-28(11-13-31)27-54-33-9-4-8-32(24-33)40(30-6-2-1-3-7-30)47-43(53)55-38-26-48-22-18-29(38)19-23-48/h1-4,6-17,24,29,37-38,40,44,49-50H,5,18-23,25-27H2,(H,45,52)(H,46,51)(H,47,53)/t37-,38+,40?/m1/s1. The number of aromatic hydroxyl groups is 1. The summed E-state index contributed by atoms with van der Waals surface area (Å²) < 4.78 is 12.1. The number of rotatable bonds is 15. The number of aliphatic hydroxyl groups is 1. The van der Waals surface area contributed by atoms with E-state index in [2.05, 4.69) is 25.8 Å². The normalized spacial score (nSPS) is 18.7. The van der Waals surface area contributed by atoms with Gasteiger partial charge in [-0.3, -0.25) is 14.5 Å². The third-order valence-corrected chi connectivity index (χ3v) is 10.5. The molecule has 3 aliphatic rings. The number of aromatic nitrogens is 1.